The maximum absolute atomic E-state index is 12.8. The number of carbonyl (C=O) groups excluding carboxylic acids is 3. The van der Waals surface area contributed by atoms with E-state index >= 15 is 0 Å². The van der Waals surface area contributed by atoms with Crippen molar-refractivity contribution in [3.63, 3.8) is 0 Å². The lowest BCUT2D eigenvalue weighted by molar-refractivity contribution is -0.131. The molecule has 8 heteroatoms. The zero-order valence-corrected chi connectivity index (χ0v) is 17.0. The van der Waals surface area contributed by atoms with E-state index in [0.717, 1.165) is 16.5 Å². The summed E-state index contributed by atoms with van der Waals surface area (Å²) in [4.78, 5) is 40.2. The van der Waals surface area contributed by atoms with E-state index < -0.39 is 11.9 Å². The van der Waals surface area contributed by atoms with E-state index in [4.69, 9.17) is 4.42 Å². The number of nitrogens with one attached hydrogen (secondary N) is 4. The van der Waals surface area contributed by atoms with E-state index in [1.165, 1.54) is 6.26 Å². The van der Waals surface area contributed by atoms with Gasteiger partial charge in [0.15, 0.2) is 0 Å². The molecule has 0 spiro atoms. The third-order valence-electron chi connectivity index (χ3n) is 4.72. The van der Waals surface area contributed by atoms with Crippen LogP contribution in [0.3, 0.4) is 0 Å². The number of H-pyrrole nitrogens is 1. The van der Waals surface area contributed by atoms with Crippen LogP contribution in [-0.2, 0) is 27.3 Å². The van der Waals surface area contributed by atoms with Crippen molar-refractivity contribution in [3.8, 4) is 0 Å². The van der Waals surface area contributed by atoms with E-state index in [9.17, 15) is 14.4 Å². The molecule has 0 bridgehead atoms. The summed E-state index contributed by atoms with van der Waals surface area (Å²) in [5, 5.41) is 9.06. The third-order valence-corrected chi connectivity index (χ3v) is 4.72. The Hall–Kier alpha value is -3.55. The number of rotatable bonds is 9. The lowest BCUT2D eigenvalue weighted by atomic mass is 10.0. The summed E-state index contributed by atoms with van der Waals surface area (Å²) >= 11 is 0. The Labute approximate surface area is 174 Å². The number of aromatic nitrogens is 1. The van der Waals surface area contributed by atoms with Gasteiger partial charge >= 0.3 is 0 Å². The minimum atomic E-state index is -0.794. The molecule has 0 saturated carbocycles. The molecule has 0 radical (unpaired) electrons. The SMILES string of the molecule is CC(C)C(=O)NC(Cc1c[nH]c2ccccc12)C(=O)NCC(=O)NCc1ccco1. The fraction of sp³-hybridized carbons (Fsp3) is 0.318. The van der Waals surface area contributed by atoms with Gasteiger partial charge in [-0.05, 0) is 23.8 Å². The quantitative estimate of drug-likeness (QED) is 0.431. The maximum atomic E-state index is 12.8. The molecule has 158 valence electrons. The number of hydrogen-bond acceptors (Lipinski definition) is 4. The fourth-order valence-corrected chi connectivity index (χ4v) is 3.02. The number of benzene rings is 1. The summed E-state index contributed by atoms with van der Waals surface area (Å²) in [5.74, 6) is -0.628. The highest BCUT2D eigenvalue weighted by Crippen LogP contribution is 2.19. The highest BCUT2D eigenvalue weighted by Gasteiger charge is 2.24. The second-order valence-corrected chi connectivity index (χ2v) is 7.35. The monoisotopic (exact) mass is 410 g/mol. The van der Waals surface area contributed by atoms with Gasteiger partial charge in [-0.2, -0.15) is 0 Å². The van der Waals surface area contributed by atoms with Gasteiger partial charge in [0.1, 0.15) is 11.8 Å². The van der Waals surface area contributed by atoms with Crippen LogP contribution >= 0.6 is 0 Å². The van der Waals surface area contributed by atoms with Gasteiger partial charge in [0.2, 0.25) is 17.7 Å². The Bertz CT molecular complexity index is 1010. The summed E-state index contributed by atoms with van der Waals surface area (Å²) in [5.41, 5.74) is 1.87. The number of amides is 3. The molecule has 2 aromatic heterocycles. The van der Waals surface area contributed by atoms with E-state index in [2.05, 4.69) is 20.9 Å². The number of fused-ring (bicyclic) bond motifs is 1. The van der Waals surface area contributed by atoms with Crippen LogP contribution < -0.4 is 16.0 Å². The van der Waals surface area contributed by atoms with Crippen LogP contribution in [-0.4, -0.2) is 35.3 Å². The molecule has 8 nitrogen and oxygen atoms in total. The molecule has 0 fully saturated rings. The second-order valence-electron chi connectivity index (χ2n) is 7.35. The highest BCUT2D eigenvalue weighted by atomic mass is 16.3. The van der Waals surface area contributed by atoms with Gasteiger partial charge < -0.3 is 25.4 Å². The van der Waals surface area contributed by atoms with Crippen molar-refractivity contribution >= 4 is 28.6 Å². The predicted molar refractivity (Wildman–Crippen MR) is 112 cm³/mol. The average Bonchev–Trinajstić information content (AvgIpc) is 3.40. The molecule has 0 aliphatic heterocycles. The van der Waals surface area contributed by atoms with Gasteiger partial charge in [-0.15, -0.1) is 0 Å². The van der Waals surface area contributed by atoms with Gasteiger partial charge in [0.25, 0.3) is 0 Å². The van der Waals surface area contributed by atoms with E-state index in [1.54, 1.807) is 26.0 Å². The van der Waals surface area contributed by atoms with Crippen LogP contribution in [0.5, 0.6) is 0 Å². The van der Waals surface area contributed by atoms with Crippen LogP contribution in [0.25, 0.3) is 10.9 Å². The van der Waals surface area contributed by atoms with Gasteiger partial charge in [-0.3, -0.25) is 14.4 Å². The Morgan fingerprint density at radius 1 is 1.03 bits per heavy atom. The van der Waals surface area contributed by atoms with Crippen LogP contribution in [0.4, 0.5) is 0 Å². The van der Waals surface area contributed by atoms with Crippen molar-refractivity contribution in [1.29, 1.82) is 0 Å². The molecule has 0 aliphatic rings. The Kier molecular flexibility index (Phi) is 6.90. The first-order valence-corrected chi connectivity index (χ1v) is 9.86. The Morgan fingerprint density at radius 2 is 1.83 bits per heavy atom. The van der Waals surface area contributed by atoms with Crippen molar-refractivity contribution in [2.24, 2.45) is 5.92 Å². The molecule has 1 atom stereocenters. The van der Waals surface area contributed by atoms with Crippen molar-refractivity contribution in [3.05, 3.63) is 60.2 Å². The summed E-state index contributed by atoms with van der Waals surface area (Å²) in [7, 11) is 0. The van der Waals surface area contributed by atoms with E-state index in [1.807, 2.05) is 30.5 Å². The van der Waals surface area contributed by atoms with Crippen LogP contribution in [0.1, 0.15) is 25.2 Å². The zero-order chi connectivity index (χ0) is 21.5. The minimum Gasteiger partial charge on any atom is -0.467 e. The minimum absolute atomic E-state index is 0.193. The van der Waals surface area contributed by atoms with Gasteiger partial charge in [-0.25, -0.2) is 0 Å². The van der Waals surface area contributed by atoms with Crippen molar-refractivity contribution in [2.75, 3.05) is 6.54 Å². The number of furan rings is 1. The molecule has 3 aromatic rings. The highest BCUT2D eigenvalue weighted by molar-refractivity contribution is 5.92. The van der Waals surface area contributed by atoms with Crippen LogP contribution in [0, 0.1) is 5.92 Å². The third kappa shape index (κ3) is 5.50. The fourth-order valence-electron chi connectivity index (χ4n) is 3.02. The number of para-hydroxylation sites is 1. The molecule has 1 unspecified atom stereocenters. The largest absolute Gasteiger partial charge is 0.467 e. The normalized spacial score (nSPS) is 12.0. The van der Waals surface area contributed by atoms with Crippen LogP contribution in [0.15, 0.2) is 53.3 Å². The van der Waals surface area contributed by atoms with Gasteiger partial charge in [-0.1, -0.05) is 32.0 Å². The first kappa shape index (κ1) is 21.2. The number of carbonyl (C=O) groups is 3. The summed E-state index contributed by atoms with van der Waals surface area (Å²) in [6, 6.07) is 10.4. The average molecular weight is 410 g/mol. The van der Waals surface area contributed by atoms with Gasteiger partial charge in [0.05, 0.1) is 19.4 Å². The van der Waals surface area contributed by atoms with Crippen molar-refractivity contribution in [1.82, 2.24) is 20.9 Å². The molecule has 0 saturated heterocycles. The van der Waals surface area contributed by atoms with E-state index in [0.29, 0.717) is 12.2 Å². The molecule has 0 aliphatic carbocycles. The first-order valence-electron chi connectivity index (χ1n) is 9.86. The zero-order valence-electron chi connectivity index (χ0n) is 17.0. The molecule has 1 aromatic carbocycles. The number of aromatic amines is 1. The molecule has 4 N–H and O–H groups in total. The summed E-state index contributed by atoms with van der Waals surface area (Å²) in [6.45, 7) is 3.57. The van der Waals surface area contributed by atoms with Crippen molar-refractivity contribution < 1.29 is 18.8 Å². The topological polar surface area (TPSA) is 116 Å². The lowest BCUT2D eigenvalue weighted by Crippen LogP contribution is -2.50. The molecule has 2 heterocycles. The molecular weight excluding hydrogens is 384 g/mol. The van der Waals surface area contributed by atoms with Crippen molar-refractivity contribution in [2.45, 2.75) is 32.9 Å². The molecule has 3 rings (SSSR count). The Morgan fingerprint density at radius 3 is 2.57 bits per heavy atom. The Balaban J connectivity index is 1.62. The standard InChI is InChI=1S/C22H26N4O4/c1-14(2)21(28)26-19(10-15-11-23-18-8-4-3-7-17(15)18)22(29)25-13-20(27)24-12-16-6-5-9-30-16/h3-9,11,14,19,23H,10,12-13H2,1-2H3,(H,24,27)(H,25,29)(H,26,28). The lowest BCUT2D eigenvalue weighted by Gasteiger charge is -2.19. The first-order chi connectivity index (χ1) is 14.4. The summed E-state index contributed by atoms with van der Waals surface area (Å²) < 4.78 is 5.16. The van der Waals surface area contributed by atoms with Crippen LogP contribution in [0.2, 0.25) is 0 Å². The molecule has 30 heavy (non-hydrogen) atoms. The predicted octanol–water partition coefficient (Wildman–Crippen LogP) is 1.88. The summed E-state index contributed by atoms with van der Waals surface area (Å²) in [6.07, 6.45) is 3.67. The smallest absolute Gasteiger partial charge is 0.243 e. The van der Waals surface area contributed by atoms with E-state index in [-0.39, 0.29) is 30.8 Å². The maximum Gasteiger partial charge on any atom is 0.243 e. The van der Waals surface area contributed by atoms with Gasteiger partial charge in [0, 0.05) is 29.4 Å². The number of hydrogen-bond donors (Lipinski definition) is 4. The second kappa shape index (κ2) is 9.78. The molecular formula is C22H26N4O4. The molecule has 3 amide bonds.